The molecule has 1 aliphatic rings. The molecule has 0 bridgehead atoms. The van der Waals surface area contributed by atoms with E-state index in [9.17, 15) is 0 Å². The molecule has 0 unspecified atom stereocenters. The smallest absolute Gasteiger partial charge is 0.192 e. The third-order valence-electron chi connectivity index (χ3n) is 2.95. The van der Waals surface area contributed by atoms with E-state index in [1.54, 1.807) is 12.5 Å². The predicted molar refractivity (Wildman–Crippen MR) is 117 cm³/mol. The van der Waals surface area contributed by atoms with Gasteiger partial charge in [0.25, 0.3) is 0 Å². The topological polar surface area (TPSA) is 49.9 Å². The van der Waals surface area contributed by atoms with E-state index in [1.165, 1.54) is 5.56 Å². The Morgan fingerprint density at radius 3 is 2.00 bits per heavy atom. The highest BCUT2D eigenvalue weighted by Crippen LogP contribution is 2.39. The first-order valence-corrected chi connectivity index (χ1v) is 11.2. The van der Waals surface area contributed by atoms with Crippen LogP contribution < -0.4 is 5.32 Å². The molecule has 1 N–H and O–H groups in total. The Kier molecular flexibility index (Phi) is 7.22. The monoisotopic (exact) mass is 699 g/mol. The number of nitrogens with zero attached hydrogens (tertiary/aromatic N) is 2. The number of aliphatic imine (C=N–C) groups is 2. The molecule has 0 radical (unpaired) electrons. The number of hydrogen-bond acceptors (Lipinski definition) is 4. The highest BCUT2D eigenvalue weighted by Gasteiger charge is 2.35. The predicted octanol–water partition coefficient (Wildman–Crippen LogP) is 6.30. The molecule has 10 heteroatoms. The molecule has 0 amide bonds. The first kappa shape index (κ1) is 20.4. The van der Waals surface area contributed by atoms with Gasteiger partial charge in [0, 0.05) is 0 Å². The first-order valence-electron chi connectivity index (χ1n) is 6.44. The summed E-state index contributed by atoms with van der Waals surface area (Å²) in [6, 6.07) is 0. The molecule has 0 aromatic carbocycles. The molecule has 23 heavy (non-hydrogen) atoms. The highest BCUT2D eigenvalue weighted by molar-refractivity contribution is 9.40. The number of nitrogens with one attached hydrogen (secondary N) is 1. The maximum Gasteiger partial charge on any atom is 0.192 e. The molecular formula is C13H11Br6N3O. The van der Waals surface area contributed by atoms with Crippen molar-refractivity contribution in [3.63, 3.8) is 0 Å². The van der Waals surface area contributed by atoms with E-state index in [-0.39, 0.29) is 0 Å². The van der Waals surface area contributed by atoms with Gasteiger partial charge in [0.05, 0.1) is 12.5 Å². The summed E-state index contributed by atoms with van der Waals surface area (Å²) in [6.45, 7) is 2.10. The average molecular weight is 705 g/mol. The van der Waals surface area contributed by atoms with Crippen molar-refractivity contribution in [1.29, 1.82) is 0 Å². The van der Waals surface area contributed by atoms with Gasteiger partial charge in [-0.15, -0.1) is 0 Å². The fourth-order valence-electron chi connectivity index (χ4n) is 1.82. The average Bonchev–Trinajstić information content (AvgIpc) is 2.90. The molecule has 0 fully saturated rings. The van der Waals surface area contributed by atoms with Crippen molar-refractivity contribution < 1.29 is 4.42 Å². The zero-order valence-corrected chi connectivity index (χ0v) is 21.2. The van der Waals surface area contributed by atoms with Crippen LogP contribution in [0, 0.1) is 0 Å². The summed E-state index contributed by atoms with van der Waals surface area (Å²) in [5.74, 6) is 1.85. The molecule has 0 spiro atoms. The minimum absolute atomic E-state index is 0.599. The third-order valence-corrected chi connectivity index (χ3v) is 5.20. The number of halogens is 6. The lowest BCUT2D eigenvalue weighted by molar-refractivity contribution is 0.562. The minimum Gasteiger partial charge on any atom is -0.472 e. The molecule has 126 valence electrons. The number of alkyl halides is 6. The van der Waals surface area contributed by atoms with E-state index in [4.69, 9.17) is 4.42 Å². The van der Waals surface area contributed by atoms with Crippen LogP contribution in [0.1, 0.15) is 18.1 Å². The van der Waals surface area contributed by atoms with Crippen molar-refractivity contribution in [3.8, 4) is 0 Å². The van der Waals surface area contributed by atoms with Crippen molar-refractivity contribution in [3.05, 3.63) is 35.6 Å². The maximum atomic E-state index is 5.27. The van der Waals surface area contributed by atoms with Gasteiger partial charge < -0.3 is 9.73 Å². The molecule has 4 nitrogen and oxygen atoms in total. The van der Waals surface area contributed by atoms with Gasteiger partial charge in [-0.05, 0) is 30.0 Å². The van der Waals surface area contributed by atoms with Crippen LogP contribution in [0.15, 0.2) is 38.8 Å². The largest absolute Gasteiger partial charge is 0.472 e. The van der Waals surface area contributed by atoms with Crippen LogP contribution in [0.25, 0.3) is 0 Å². The van der Waals surface area contributed by atoms with E-state index in [0.717, 1.165) is 12.0 Å². The normalized spacial score (nSPS) is 15.9. The van der Waals surface area contributed by atoms with E-state index in [0.29, 0.717) is 23.9 Å². The summed E-state index contributed by atoms with van der Waals surface area (Å²) < 4.78 is 3.93. The van der Waals surface area contributed by atoms with Crippen LogP contribution in [0.3, 0.4) is 0 Å². The maximum absolute atomic E-state index is 5.27. The van der Waals surface area contributed by atoms with Gasteiger partial charge in [0.2, 0.25) is 0 Å². The third kappa shape index (κ3) is 5.77. The molecule has 0 aliphatic carbocycles. The molecule has 1 aromatic heterocycles. The van der Waals surface area contributed by atoms with E-state index in [2.05, 4.69) is 118 Å². The van der Waals surface area contributed by atoms with Crippen molar-refractivity contribution in [2.45, 2.75) is 24.1 Å². The second-order valence-corrected chi connectivity index (χ2v) is 18.1. The minimum atomic E-state index is -0.671. The van der Waals surface area contributed by atoms with Crippen LogP contribution in [-0.2, 0) is 12.8 Å². The van der Waals surface area contributed by atoms with E-state index < -0.39 is 4.29 Å². The highest BCUT2D eigenvalue weighted by atomic mass is 80.0. The lowest BCUT2D eigenvalue weighted by Gasteiger charge is -2.26. The molecule has 0 saturated heterocycles. The lowest BCUT2D eigenvalue weighted by atomic mass is 10.1. The second kappa shape index (κ2) is 8.16. The summed E-state index contributed by atoms with van der Waals surface area (Å²) in [5, 5.41) is 3.14. The lowest BCUT2D eigenvalue weighted by Crippen LogP contribution is -2.45. The quantitative estimate of drug-likeness (QED) is 0.376. The van der Waals surface area contributed by atoms with Gasteiger partial charge >= 0.3 is 0 Å². The van der Waals surface area contributed by atoms with Gasteiger partial charge in [-0.25, -0.2) is 9.98 Å². The Morgan fingerprint density at radius 1 is 1.00 bits per heavy atom. The van der Waals surface area contributed by atoms with Crippen LogP contribution >= 0.6 is 95.6 Å². The summed E-state index contributed by atoms with van der Waals surface area (Å²) in [7, 11) is 0. The Balaban J connectivity index is 2.33. The zero-order valence-electron chi connectivity index (χ0n) is 11.7. The number of furan rings is 1. The fourth-order valence-corrected chi connectivity index (χ4v) is 2.95. The molecule has 1 aliphatic heterocycles. The SMILES string of the molecule is CCc1cocc1CC=C1N=C(C(Br)(Br)Br)NC(C(Br)(Br)Br)=N1. The van der Waals surface area contributed by atoms with E-state index >= 15 is 0 Å². The van der Waals surface area contributed by atoms with Crippen LogP contribution in [0.2, 0.25) is 0 Å². The summed E-state index contributed by atoms with van der Waals surface area (Å²) >= 11 is 20.8. The van der Waals surface area contributed by atoms with Crippen molar-refractivity contribution in [1.82, 2.24) is 5.32 Å². The number of amidine groups is 2. The molecular weight excluding hydrogens is 694 g/mol. The van der Waals surface area contributed by atoms with Crippen molar-refractivity contribution in [2.75, 3.05) is 0 Å². The number of aryl methyl sites for hydroxylation is 1. The molecule has 2 rings (SSSR count). The first-order chi connectivity index (χ1) is 10.6. The Morgan fingerprint density at radius 2 is 1.52 bits per heavy atom. The second-order valence-electron chi connectivity index (χ2n) is 4.58. The number of hydrogen-bond donors (Lipinski definition) is 1. The Bertz CT molecular complexity index is 634. The Labute approximate surface area is 184 Å². The van der Waals surface area contributed by atoms with Crippen LogP contribution in [0.4, 0.5) is 0 Å². The molecule has 0 saturated carbocycles. The zero-order chi connectivity index (χ0) is 17.3. The number of rotatable bonds is 3. The summed E-state index contributed by atoms with van der Waals surface area (Å²) in [5.41, 5.74) is 2.33. The van der Waals surface area contributed by atoms with E-state index in [1.807, 2.05) is 6.08 Å². The number of allylic oxidation sites excluding steroid dienone is 1. The van der Waals surface area contributed by atoms with Crippen LogP contribution in [0.5, 0.6) is 0 Å². The molecule has 1 aromatic rings. The molecule has 0 atom stereocenters. The standard InChI is InChI=1S/C13H11Br6N3O/c1-2-7-5-23-6-8(7)3-4-9-20-10(12(14,15)16)22-11(21-9)13(17,18)19/h4-6H,2-3H2,1H3,(H,20,21,22). The Hall–Kier alpha value is 1.04. The summed E-state index contributed by atoms with van der Waals surface area (Å²) in [4.78, 5) is 9.03. The van der Waals surface area contributed by atoms with Gasteiger partial charge in [0.15, 0.2) is 10.1 Å². The van der Waals surface area contributed by atoms with Gasteiger partial charge in [-0.1, -0.05) is 103 Å². The molecule has 2 heterocycles. The van der Waals surface area contributed by atoms with Crippen LogP contribution in [-0.4, -0.2) is 16.0 Å². The fraction of sp³-hybridized carbons (Fsp3) is 0.385. The van der Waals surface area contributed by atoms with Gasteiger partial charge in [-0.3, -0.25) is 0 Å². The van der Waals surface area contributed by atoms with Gasteiger partial charge in [0.1, 0.15) is 11.7 Å². The summed E-state index contributed by atoms with van der Waals surface area (Å²) in [6.07, 6.45) is 7.13. The van der Waals surface area contributed by atoms with Crippen molar-refractivity contribution >= 4 is 107 Å². The van der Waals surface area contributed by atoms with Crippen molar-refractivity contribution in [2.24, 2.45) is 9.98 Å². The van der Waals surface area contributed by atoms with Gasteiger partial charge in [-0.2, -0.15) is 0 Å².